The van der Waals surface area contributed by atoms with Gasteiger partial charge in [0.1, 0.15) is 5.82 Å². The monoisotopic (exact) mass is 266 g/mol. The fourth-order valence-corrected chi connectivity index (χ4v) is 2.60. The predicted molar refractivity (Wildman–Crippen MR) is 71.3 cm³/mol. The van der Waals surface area contributed by atoms with E-state index in [1.165, 1.54) is 19.2 Å². The summed E-state index contributed by atoms with van der Waals surface area (Å²) in [4.78, 5) is 13.4. The highest BCUT2D eigenvalue weighted by atomic mass is 19.1. The Morgan fingerprint density at radius 1 is 1.53 bits per heavy atom. The Morgan fingerprint density at radius 2 is 2.32 bits per heavy atom. The number of ether oxygens (including phenoxy) is 1. The minimum absolute atomic E-state index is 0.00771. The van der Waals surface area contributed by atoms with Crippen LogP contribution in [-0.2, 0) is 9.53 Å². The van der Waals surface area contributed by atoms with Crippen LogP contribution in [0, 0.1) is 11.7 Å². The molecular formula is C14H19FN2O2. The fraction of sp³-hybridized carbons (Fsp3) is 0.500. The zero-order valence-electron chi connectivity index (χ0n) is 11.0. The van der Waals surface area contributed by atoms with Gasteiger partial charge in [-0.3, -0.25) is 4.79 Å². The molecule has 0 spiro atoms. The molecule has 5 heteroatoms. The van der Waals surface area contributed by atoms with E-state index in [0.717, 1.165) is 12.1 Å². The van der Waals surface area contributed by atoms with E-state index in [-0.39, 0.29) is 23.7 Å². The fourth-order valence-electron chi connectivity index (χ4n) is 2.60. The third-order valence-corrected chi connectivity index (χ3v) is 3.43. The van der Waals surface area contributed by atoms with E-state index in [4.69, 9.17) is 5.73 Å². The highest BCUT2D eigenvalue weighted by molar-refractivity contribution is 5.69. The maximum atomic E-state index is 13.2. The van der Waals surface area contributed by atoms with Crippen LogP contribution >= 0.6 is 0 Å². The van der Waals surface area contributed by atoms with Gasteiger partial charge >= 0.3 is 5.97 Å². The summed E-state index contributed by atoms with van der Waals surface area (Å²) < 4.78 is 17.9. The van der Waals surface area contributed by atoms with Crippen LogP contribution in [0.3, 0.4) is 0 Å². The van der Waals surface area contributed by atoms with Crippen LogP contribution in [0.1, 0.15) is 12.8 Å². The molecule has 1 saturated heterocycles. The Hall–Kier alpha value is -1.62. The predicted octanol–water partition coefficient (Wildman–Crippen LogP) is 1.54. The maximum Gasteiger partial charge on any atom is 0.305 e. The summed E-state index contributed by atoms with van der Waals surface area (Å²) >= 11 is 0. The van der Waals surface area contributed by atoms with Crippen molar-refractivity contribution in [2.75, 3.05) is 25.1 Å². The summed E-state index contributed by atoms with van der Waals surface area (Å²) in [5.41, 5.74) is 6.83. The molecule has 2 rings (SSSR count). The minimum Gasteiger partial charge on any atom is -0.469 e. The number of methoxy groups -OCH3 is 1. The molecular weight excluding hydrogens is 247 g/mol. The van der Waals surface area contributed by atoms with E-state index in [9.17, 15) is 9.18 Å². The lowest BCUT2D eigenvalue weighted by Gasteiger charge is -2.37. The maximum absolute atomic E-state index is 13.2. The second kappa shape index (κ2) is 6.02. The van der Waals surface area contributed by atoms with Crippen molar-refractivity contribution >= 4 is 11.7 Å². The summed E-state index contributed by atoms with van der Waals surface area (Å²) in [7, 11) is 1.38. The van der Waals surface area contributed by atoms with E-state index in [0.29, 0.717) is 19.5 Å². The zero-order valence-corrected chi connectivity index (χ0v) is 11.0. The summed E-state index contributed by atoms with van der Waals surface area (Å²) in [6, 6.07) is 6.44. The molecule has 104 valence electrons. The number of carbonyl (C=O) groups is 1. The standard InChI is InChI=1S/C14H19FN2O2/c1-19-14(18)6-10-5-12(16)9-17(8-10)13-4-2-3-11(15)7-13/h2-4,7,10,12H,5-6,8-9,16H2,1H3. The molecule has 2 atom stereocenters. The Bertz CT molecular complexity index is 453. The van der Waals surface area contributed by atoms with Crippen LogP contribution in [0.25, 0.3) is 0 Å². The van der Waals surface area contributed by atoms with E-state index in [1.54, 1.807) is 6.07 Å². The van der Waals surface area contributed by atoms with Gasteiger partial charge in [0.05, 0.1) is 13.5 Å². The van der Waals surface area contributed by atoms with Gasteiger partial charge in [0.2, 0.25) is 0 Å². The lowest BCUT2D eigenvalue weighted by atomic mass is 9.91. The van der Waals surface area contributed by atoms with Crippen molar-refractivity contribution in [1.82, 2.24) is 0 Å². The molecule has 1 fully saturated rings. The first-order chi connectivity index (χ1) is 9.08. The molecule has 0 aliphatic carbocycles. The minimum atomic E-state index is -0.263. The van der Waals surface area contributed by atoms with Crippen molar-refractivity contribution in [3.05, 3.63) is 30.1 Å². The molecule has 1 aromatic rings. The molecule has 1 aliphatic heterocycles. The number of anilines is 1. The second-order valence-corrected chi connectivity index (χ2v) is 5.03. The van der Waals surface area contributed by atoms with E-state index in [1.807, 2.05) is 11.0 Å². The number of nitrogens with zero attached hydrogens (tertiary/aromatic N) is 1. The molecule has 1 aromatic carbocycles. The van der Waals surface area contributed by atoms with Crippen molar-refractivity contribution in [1.29, 1.82) is 0 Å². The van der Waals surface area contributed by atoms with Gasteiger partial charge in [-0.2, -0.15) is 0 Å². The highest BCUT2D eigenvalue weighted by Gasteiger charge is 2.27. The highest BCUT2D eigenvalue weighted by Crippen LogP contribution is 2.25. The van der Waals surface area contributed by atoms with Gasteiger partial charge in [0.15, 0.2) is 0 Å². The van der Waals surface area contributed by atoms with Gasteiger partial charge in [0.25, 0.3) is 0 Å². The third-order valence-electron chi connectivity index (χ3n) is 3.43. The summed E-state index contributed by atoms with van der Waals surface area (Å²) in [6.07, 6.45) is 1.15. The third kappa shape index (κ3) is 3.67. The molecule has 4 nitrogen and oxygen atoms in total. The Morgan fingerprint density at radius 3 is 3.00 bits per heavy atom. The van der Waals surface area contributed by atoms with Crippen LogP contribution in [0.4, 0.5) is 10.1 Å². The zero-order chi connectivity index (χ0) is 13.8. The largest absolute Gasteiger partial charge is 0.469 e. The molecule has 0 saturated carbocycles. The van der Waals surface area contributed by atoms with Gasteiger partial charge in [-0.1, -0.05) is 6.07 Å². The van der Waals surface area contributed by atoms with E-state index in [2.05, 4.69) is 4.74 Å². The molecule has 1 aliphatic rings. The Labute approximate surface area is 112 Å². The normalized spacial score (nSPS) is 23.2. The van der Waals surface area contributed by atoms with Crippen molar-refractivity contribution in [3.63, 3.8) is 0 Å². The number of carbonyl (C=O) groups excluding carboxylic acids is 1. The number of esters is 1. The number of hydrogen-bond acceptors (Lipinski definition) is 4. The number of rotatable bonds is 3. The lowest BCUT2D eigenvalue weighted by Crippen LogP contribution is -2.47. The van der Waals surface area contributed by atoms with Crippen LogP contribution in [0.5, 0.6) is 0 Å². The SMILES string of the molecule is COC(=O)CC1CC(N)CN(c2cccc(F)c2)C1. The van der Waals surface area contributed by atoms with Crippen LogP contribution in [0.2, 0.25) is 0 Å². The second-order valence-electron chi connectivity index (χ2n) is 5.03. The average Bonchev–Trinajstić information content (AvgIpc) is 2.38. The molecule has 0 aromatic heterocycles. The molecule has 0 radical (unpaired) electrons. The van der Waals surface area contributed by atoms with Gasteiger partial charge < -0.3 is 15.4 Å². The Kier molecular flexibility index (Phi) is 4.37. The van der Waals surface area contributed by atoms with Gasteiger partial charge in [0, 0.05) is 24.8 Å². The summed E-state index contributed by atoms with van der Waals surface area (Å²) in [6.45, 7) is 1.38. The summed E-state index contributed by atoms with van der Waals surface area (Å²) in [5.74, 6) is -0.334. The number of halogens is 1. The van der Waals surface area contributed by atoms with E-state index >= 15 is 0 Å². The number of hydrogen-bond donors (Lipinski definition) is 1. The molecule has 2 unspecified atom stereocenters. The topological polar surface area (TPSA) is 55.6 Å². The first-order valence-corrected chi connectivity index (χ1v) is 6.41. The lowest BCUT2D eigenvalue weighted by molar-refractivity contribution is -0.141. The quantitative estimate of drug-likeness (QED) is 0.843. The molecule has 0 bridgehead atoms. The Balaban J connectivity index is 2.07. The van der Waals surface area contributed by atoms with Crippen molar-refractivity contribution < 1.29 is 13.9 Å². The average molecular weight is 266 g/mol. The number of piperidine rings is 1. The van der Waals surface area contributed by atoms with Crippen LogP contribution in [-0.4, -0.2) is 32.2 Å². The van der Waals surface area contributed by atoms with Crippen molar-refractivity contribution in [2.45, 2.75) is 18.9 Å². The summed E-state index contributed by atoms with van der Waals surface area (Å²) in [5, 5.41) is 0. The van der Waals surface area contributed by atoms with Crippen molar-refractivity contribution in [2.24, 2.45) is 11.7 Å². The molecule has 19 heavy (non-hydrogen) atoms. The molecule has 1 heterocycles. The first-order valence-electron chi connectivity index (χ1n) is 6.41. The first kappa shape index (κ1) is 13.8. The number of benzene rings is 1. The van der Waals surface area contributed by atoms with Gasteiger partial charge in [-0.25, -0.2) is 4.39 Å². The van der Waals surface area contributed by atoms with Crippen molar-refractivity contribution in [3.8, 4) is 0 Å². The molecule has 2 N–H and O–H groups in total. The smallest absolute Gasteiger partial charge is 0.305 e. The van der Waals surface area contributed by atoms with E-state index < -0.39 is 0 Å². The van der Waals surface area contributed by atoms with Crippen LogP contribution in [0.15, 0.2) is 24.3 Å². The van der Waals surface area contributed by atoms with Gasteiger partial charge in [-0.15, -0.1) is 0 Å². The van der Waals surface area contributed by atoms with Crippen LogP contribution < -0.4 is 10.6 Å². The number of nitrogens with two attached hydrogens (primary N) is 1. The van der Waals surface area contributed by atoms with Gasteiger partial charge in [-0.05, 0) is 30.5 Å². The molecule has 0 amide bonds.